The third-order valence-electron chi connectivity index (χ3n) is 0.756. The van der Waals surface area contributed by atoms with Gasteiger partial charge in [0.1, 0.15) is 5.75 Å². The molecule has 2 heteroatoms. The highest BCUT2D eigenvalue weighted by molar-refractivity contribution is 5.18. The Hall–Kier alpha value is -1.02. The Kier molecular flexibility index (Phi) is 2.66. The van der Waals surface area contributed by atoms with Crippen molar-refractivity contribution >= 4 is 0 Å². The standard InChI is InChI=1S/C6H6O.H2O/c7-6-4-2-1-3-5-6;/h1-5,7H;1H2. The van der Waals surface area contributed by atoms with Crippen molar-refractivity contribution in [2.24, 2.45) is 0 Å². The summed E-state index contributed by atoms with van der Waals surface area (Å²) in [7, 11) is 0. The minimum absolute atomic E-state index is 0. The highest BCUT2D eigenvalue weighted by Crippen LogP contribution is 2.02. The van der Waals surface area contributed by atoms with Crippen LogP contribution in [0.4, 0.5) is 0 Å². The number of aromatic hydroxyl groups is 1. The zero-order chi connectivity index (χ0) is 5.11. The van der Waals surface area contributed by atoms with Crippen molar-refractivity contribution in [3.63, 3.8) is 0 Å². The van der Waals surface area contributed by atoms with Crippen molar-refractivity contribution in [3.05, 3.63) is 30.3 Å². The van der Waals surface area contributed by atoms with Gasteiger partial charge >= 0.3 is 0 Å². The van der Waals surface area contributed by atoms with Crippen molar-refractivity contribution in [1.29, 1.82) is 0 Å². The van der Waals surface area contributed by atoms with Gasteiger partial charge in [0.05, 0.1) is 0 Å². The third-order valence-corrected chi connectivity index (χ3v) is 0.756. The fourth-order valence-corrected chi connectivity index (χ4v) is 0.428. The molecule has 0 radical (unpaired) electrons. The Morgan fingerprint density at radius 3 is 1.75 bits per heavy atom. The lowest BCUT2D eigenvalue weighted by Crippen LogP contribution is -1.56. The predicted molar refractivity (Wildman–Crippen MR) is 31.7 cm³/mol. The summed E-state index contributed by atoms with van der Waals surface area (Å²) >= 11 is 0. The molecule has 1 aromatic carbocycles. The first kappa shape index (κ1) is 6.98. The Morgan fingerprint density at radius 1 is 1.00 bits per heavy atom. The fraction of sp³-hybridized carbons (Fsp3) is 0. The van der Waals surface area contributed by atoms with Crippen LogP contribution in [-0.4, -0.2) is 10.6 Å². The fourth-order valence-electron chi connectivity index (χ4n) is 0.428. The quantitative estimate of drug-likeness (QED) is 0.524. The number of phenols is 1. The van der Waals surface area contributed by atoms with Crippen molar-refractivity contribution in [1.82, 2.24) is 0 Å². The van der Waals surface area contributed by atoms with E-state index in [0.29, 0.717) is 5.75 Å². The molecular weight excluding hydrogens is 104 g/mol. The summed E-state index contributed by atoms with van der Waals surface area (Å²) in [5, 5.41) is 8.63. The maximum atomic E-state index is 8.63. The molecule has 0 aromatic heterocycles. The van der Waals surface area contributed by atoms with Gasteiger partial charge in [-0.15, -0.1) is 0 Å². The number of hydrogen-bond donors (Lipinski definition) is 1. The van der Waals surface area contributed by atoms with E-state index >= 15 is 0 Å². The van der Waals surface area contributed by atoms with Crippen LogP contribution in [0.1, 0.15) is 0 Å². The van der Waals surface area contributed by atoms with Crippen molar-refractivity contribution < 1.29 is 10.6 Å². The number of para-hydroxylation sites is 1. The molecule has 0 atom stereocenters. The highest BCUT2D eigenvalue weighted by Gasteiger charge is 1.74. The molecule has 0 fully saturated rings. The summed E-state index contributed by atoms with van der Waals surface area (Å²) in [5.74, 6) is 0.322. The molecule has 0 heterocycles. The number of phenolic OH excluding ortho intramolecular Hbond substituents is 1. The lowest BCUT2D eigenvalue weighted by molar-refractivity contribution is 0.475. The second kappa shape index (κ2) is 3.04. The molecule has 0 saturated heterocycles. The van der Waals surface area contributed by atoms with Gasteiger partial charge in [-0.2, -0.15) is 0 Å². The van der Waals surface area contributed by atoms with Gasteiger partial charge in [-0.3, -0.25) is 0 Å². The molecule has 0 aliphatic heterocycles. The normalized spacial score (nSPS) is 7.50. The van der Waals surface area contributed by atoms with Crippen LogP contribution in [0.25, 0.3) is 0 Å². The van der Waals surface area contributed by atoms with E-state index < -0.39 is 0 Å². The monoisotopic (exact) mass is 112 g/mol. The van der Waals surface area contributed by atoms with Crippen LogP contribution in [0.3, 0.4) is 0 Å². The highest BCUT2D eigenvalue weighted by atomic mass is 16.3. The first-order valence-electron chi connectivity index (χ1n) is 2.13. The maximum absolute atomic E-state index is 8.63. The zero-order valence-corrected chi connectivity index (χ0v) is 4.33. The molecule has 2 nitrogen and oxygen atoms in total. The van der Waals surface area contributed by atoms with E-state index in [-0.39, 0.29) is 5.48 Å². The number of benzene rings is 1. The Balaban J connectivity index is 0.000000490. The van der Waals surface area contributed by atoms with E-state index in [0.717, 1.165) is 0 Å². The average molecular weight is 112 g/mol. The van der Waals surface area contributed by atoms with Crippen LogP contribution >= 0.6 is 0 Å². The molecule has 0 amide bonds. The van der Waals surface area contributed by atoms with Crippen LogP contribution in [0.2, 0.25) is 0 Å². The van der Waals surface area contributed by atoms with Gasteiger partial charge in [0.25, 0.3) is 0 Å². The smallest absolute Gasteiger partial charge is 0.115 e. The lowest BCUT2D eigenvalue weighted by Gasteiger charge is -1.82. The van der Waals surface area contributed by atoms with E-state index in [9.17, 15) is 0 Å². The van der Waals surface area contributed by atoms with Gasteiger partial charge in [0, 0.05) is 0 Å². The van der Waals surface area contributed by atoms with E-state index in [2.05, 4.69) is 0 Å². The van der Waals surface area contributed by atoms with Gasteiger partial charge < -0.3 is 10.6 Å². The predicted octanol–water partition coefficient (Wildman–Crippen LogP) is 0.567. The lowest BCUT2D eigenvalue weighted by atomic mass is 10.3. The van der Waals surface area contributed by atoms with Gasteiger partial charge in [-0.1, -0.05) is 18.2 Å². The molecule has 0 unspecified atom stereocenters. The summed E-state index contributed by atoms with van der Waals surface area (Å²) in [4.78, 5) is 0. The van der Waals surface area contributed by atoms with Gasteiger partial charge in [0.2, 0.25) is 0 Å². The molecular formula is C6H8O2. The maximum Gasteiger partial charge on any atom is 0.115 e. The van der Waals surface area contributed by atoms with Gasteiger partial charge in [-0.05, 0) is 12.1 Å². The molecule has 0 saturated carbocycles. The van der Waals surface area contributed by atoms with Crippen LogP contribution in [-0.2, 0) is 0 Å². The van der Waals surface area contributed by atoms with Gasteiger partial charge in [-0.25, -0.2) is 0 Å². The van der Waals surface area contributed by atoms with Crippen molar-refractivity contribution in [2.45, 2.75) is 0 Å². The molecule has 0 bridgehead atoms. The second-order valence-corrected chi connectivity index (χ2v) is 1.34. The summed E-state index contributed by atoms with van der Waals surface area (Å²) in [6, 6.07) is 8.71. The summed E-state index contributed by atoms with van der Waals surface area (Å²) < 4.78 is 0. The summed E-state index contributed by atoms with van der Waals surface area (Å²) in [5.41, 5.74) is 0. The molecule has 8 heavy (non-hydrogen) atoms. The molecule has 0 aliphatic rings. The van der Waals surface area contributed by atoms with E-state index in [1.807, 2.05) is 6.07 Å². The third kappa shape index (κ3) is 1.62. The Bertz CT molecular complexity index is 136. The zero-order valence-electron chi connectivity index (χ0n) is 4.33. The summed E-state index contributed by atoms with van der Waals surface area (Å²) in [6.45, 7) is 0. The van der Waals surface area contributed by atoms with Crippen molar-refractivity contribution in [3.8, 4) is 5.75 Å². The number of hydrogen-bond acceptors (Lipinski definition) is 1. The second-order valence-electron chi connectivity index (χ2n) is 1.34. The molecule has 0 spiro atoms. The summed E-state index contributed by atoms with van der Waals surface area (Å²) in [6.07, 6.45) is 0. The van der Waals surface area contributed by atoms with E-state index in [1.54, 1.807) is 24.3 Å². The minimum atomic E-state index is 0. The SMILES string of the molecule is O.Oc1ccccc1. The molecule has 0 aliphatic carbocycles. The van der Waals surface area contributed by atoms with Crippen LogP contribution in [0.5, 0.6) is 5.75 Å². The minimum Gasteiger partial charge on any atom is -0.508 e. The first-order valence-corrected chi connectivity index (χ1v) is 2.13. The van der Waals surface area contributed by atoms with Crippen LogP contribution in [0, 0.1) is 0 Å². The van der Waals surface area contributed by atoms with Gasteiger partial charge in [0.15, 0.2) is 0 Å². The Labute approximate surface area is 47.7 Å². The molecule has 1 aromatic rings. The topological polar surface area (TPSA) is 51.7 Å². The van der Waals surface area contributed by atoms with Crippen LogP contribution in [0.15, 0.2) is 30.3 Å². The Morgan fingerprint density at radius 2 is 1.50 bits per heavy atom. The van der Waals surface area contributed by atoms with E-state index in [4.69, 9.17) is 5.11 Å². The molecule has 44 valence electrons. The number of rotatable bonds is 0. The average Bonchev–Trinajstić information content (AvgIpc) is 1.69. The van der Waals surface area contributed by atoms with E-state index in [1.165, 1.54) is 0 Å². The van der Waals surface area contributed by atoms with Crippen LogP contribution < -0.4 is 0 Å². The first-order chi connectivity index (χ1) is 3.39. The van der Waals surface area contributed by atoms with Crippen molar-refractivity contribution in [2.75, 3.05) is 0 Å². The molecule has 3 N–H and O–H groups in total. The largest absolute Gasteiger partial charge is 0.508 e. The molecule has 1 rings (SSSR count).